The molecule has 0 N–H and O–H groups in total. The Balaban J connectivity index is 1.25. The van der Waals surface area contributed by atoms with E-state index < -0.39 is 0 Å². The number of hydrogen-bond acceptors (Lipinski definition) is 2. The van der Waals surface area contributed by atoms with Crippen molar-refractivity contribution in [3.8, 4) is 22.3 Å². The lowest BCUT2D eigenvalue weighted by Gasteiger charge is -2.27. The zero-order valence-corrected chi connectivity index (χ0v) is 23.6. The number of rotatable bonds is 3. The molecule has 0 unspecified atom stereocenters. The highest BCUT2D eigenvalue weighted by molar-refractivity contribution is 6.76. The second-order valence-corrected chi connectivity index (χ2v) is 11.3. The zero-order chi connectivity index (χ0) is 28.3. The Labute approximate surface area is 251 Å². The van der Waals surface area contributed by atoms with Crippen LogP contribution in [0.25, 0.3) is 54.6 Å². The van der Waals surface area contributed by atoms with Crippen LogP contribution in [0, 0.1) is 0 Å². The maximum absolute atomic E-state index is 2.43. The van der Waals surface area contributed by atoms with E-state index in [1.165, 1.54) is 71.6 Å². The van der Waals surface area contributed by atoms with Crippen LogP contribution in [0.4, 0.5) is 17.1 Å². The van der Waals surface area contributed by atoms with Crippen LogP contribution in [0.3, 0.4) is 0 Å². The molecule has 9 rings (SSSR count). The lowest BCUT2D eigenvalue weighted by atomic mass is 9.71. The molecule has 200 valence electrons. The number of hydrogen-bond donors (Lipinski definition) is 0. The summed E-state index contributed by atoms with van der Waals surface area (Å²) in [5.74, 6) is 2.26. The fraction of sp³-hybridized carbons (Fsp3) is 0. The molecule has 0 saturated heterocycles. The van der Waals surface area contributed by atoms with Gasteiger partial charge in [0.25, 0.3) is 0 Å². The van der Waals surface area contributed by atoms with Crippen LogP contribution in [-0.4, -0.2) is 6.98 Å². The molecular weight excluding hydrogens is 519 g/mol. The number of anilines is 3. The van der Waals surface area contributed by atoms with Crippen LogP contribution >= 0.6 is 0 Å². The molecule has 3 heteroatoms. The topological polar surface area (TPSA) is 6.48 Å². The maximum Gasteiger partial charge on any atom is 0.412 e. The van der Waals surface area contributed by atoms with E-state index in [1.807, 2.05) is 0 Å². The number of nitrogens with zero attached hydrogens (tertiary/aromatic N) is 2. The third kappa shape index (κ3) is 3.61. The van der Waals surface area contributed by atoms with E-state index in [1.54, 1.807) is 0 Å². The van der Waals surface area contributed by atoms with E-state index in [0.717, 1.165) is 0 Å². The molecule has 0 amide bonds. The predicted octanol–water partition coefficient (Wildman–Crippen LogP) is 10.5. The third-order valence-corrected chi connectivity index (χ3v) is 9.03. The summed E-state index contributed by atoms with van der Waals surface area (Å²) < 4.78 is 0. The SMILES string of the molecule is C1=CB2N(C=C1)c1ccccc1N2c1ccc(-c2c3ccccc3c(-c3cccc4ccccc34)c3ccccc23)cc1. The van der Waals surface area contributed by atoms with Crippen LogP contribution in [0.5, 0.6) is 0 Å². The highest BCUT2D eigenvalue weighted by Crippen LogP contribution is 2.47. The molecule has 0 radical (unpaired) electrons. The van der Waals surface area contributed by atoms with Gasteiger partial charge in [-0.15, -0.1) is 0 Å². The average molecular weight is 546 g/mol. The zero-order valence-electron chi connectivity index (χ0n) is 23.6. The van der Waals surface area contributed by atoms with Crippen LogP contribution in [0.2, 0.25) is 0 Å². The fourth-order valence-electron chi connectivity index (χ4n) is 7.20. The Morgan fingerprint density at radius 2 is 1.02 bits per heavy atom. The lowest BCUT2D eigenvalue weighted by Crippen LogP contribution is -2.42. The minimum atomic E-state index is 0.134. The number of fused-ring (bicyclic) bond motifs is 6. The standard InChI is InChI=1S/C40H27BN2/c1-2-14-31-28(12-1)13-11-19-32(31)40-35-17-5-3-15-33(35)39(34-16-4-6-18-36(34)40)29-22-24-30(25-23-29)43-38-21-8-7-20-37(38)42-27-10-9-26-41(42)43/h1-27H. The van der Waals surface area contributed by atoms with Crippen LogP contribution in [-0.2, 0) is 0 Å². The highest BCUT2D eigenvalue weighted by Gasteiger charge is 2.39. The molecule has 0 spiro atoms. The molecular formula is C40H27BN2. The predicted molar refractivity (Wildman–Crippen MR) is 185 cm³/mol. The van der Waals surface area contributed by atoms with Gasteiger partial charge in [0.1, 0.15) is 0 Å². The average Bonchev–Trinajstić information content (AvgIpc) is 3.41. The first kappa shape index (κ1) is 24.1. The van der Waals surface area contributed by atoms with E-state index >= 15 is 0 Å². The summed E-state index contributed by atoms with van der Waals surface area (Å²) in [7, 11) is 0. The van der Waals surface area contributed by atoms with Gasteiger partial charge in [-0.25, -0.2) is 0 Å². The second-order valence-electron chi connectivity index (χ2n) is 11.3. The van der Waals surface area contributed by atoms with Gasteiger partial charge in [0, 0.05) is 5.69 Å². The second kappa shape index (κ2) is 9.50. The van der Waals surface area contributed by atoms with Gasteiger partial charge in [0.05, 0.1) is 11.4 Å². The minimum absolute atomic E-state index is 0.134. The van der Waals surface area contributed by atoms with Gasteiger partial charge in [0.2, 0.25) is 0 Å². The summed E-state index contributed by atoms with van der Waals surface area (Å²) in [6.07, 6.45) is 6.43. The molecule has 2 aliphatic rings. The summed E-state index contributed by atoms with van der Waals surface area (Å²) in [6, 6.07) is 51.0. The van der Waals surface area contributed by atoms with Gasteiger partial charge in [-0.3, -0.25) is 0 Å². The van der Waals surface area contributed by atoms with E-state index in [9.17, 15) is 0 Å². The van der Waals surface area contributed by atoms with Crippen molar-refractivity contribution in [3.63, 3.8) is 0 Å². The molecule has 0 bridgehead atoms. The van der Waals surface area contributed by atoms with Crippen molar-refractivity contribution in [1.82, 2.24) is 0 Å². The van der Waals surface area contributed by atoms with Crippen LogP contribution in [0.15, 0.2) is 164 Å². The molecule has 0 atom stereocenters. The van der Waals surface area contributed by atoms with Gasteiger partial charge in [-0.2, -0.15) is 0 Å². The Morgan fingerprint density at radius 3 is 1.74 bits per heavy atom. The van der Waals surface area contributed by atoms with E-state index in [0.29, 0.717) is 0 Å². The normalized spacial score (nSPS) is 13.7. The lowest BCUT2D eigenvalue weighted by molar-refractivity contribution is 1.39. The smallest absolute Gasteiger partial charge is 0.367 e. The van der Waals surface area contributed by atoms with Gasteiger partial charge < -0.3 is 9.62 Å². The molecule has 0 aromatic heterocycles. The molecule has 0 aliphatic carbocycles. The monoisotopic (exact) mass is 546 g/mol. The molecule has 2 nitrogen and oxygen atoms in total. The van der Waals surface area contributed by atoms with Gasteiger partial charge >= 0.3 is 6.98 Å². The van der Waals surface area contributed by atoms with Crippen molar-refractivity contribution in [2.45, 2.75) is 0 Å². The molecule has 43 heavy (non-hydrogen) atoms. The first-order valence-corrected chi connectivity index (χ1v) is 14.9. The number of para-hydroxylation sites is 2. The van der Waals surface area contributed by atoms with Gasteiger partial charge in [-0.1, -0.05) is 127 Å². The van der Waals surface area contributed by atoms with Crippen molar-refractivity contribution < 1.29 is 0 Å². The summed E-state index contributed by atoms with van der Waals surface area (Å²) >= 11 is 0. The van der Waals surface area contributed by atoms with Crippen molar-refractivity contribution >= 4 is 56.4 Å². The van der Waals surface area contributed by atoms with E-state index in [-0.39, 0.29) is 6.98 Å². The van der Waals surface area contributed by atoms with Crippen LogP contribution < -0.4 is 9.62 Å². The largest absolute Gasteiger partial charge is 0.412 e. The Bertz CT molecular complexity index is 2200. The van der Waals surface area contributed by atoms with Crippen molar-refractivity contribution in [2.75, 3.05) is 9.62 Å². The van der Waals surface area contributed by atoms with Crippen LogP contribution in [0.1, 0.15) is 0 Å². The Morgan fingerprint density at radius 1 is 0.442 bits per heavy atom. The molecule has 7 aromatic carbocycles. The van der Waals surface area contributed by atoms with Crippen molar-refractivity contribution in [2.24, 2.45) is 0 Å². The van der Waals surface area contributed by atoms with Crippen molar-refractivity contribution in [1.29, 1.82) is 0 Å². The van der Waals surface area contributed by atoms with E-state index in [4.69, 9.17) is 0 Å². The number of benzene rings is 7. The summed E-state index contributed by atoms with van der Waals surface area (Å²) in [5.41, 5.74) is 8.73. The first-order chi connectivity index (χ1) is 21.4. The third-order valence-electron chi connectivity index (χ3n) is 9.03. The maximum atomic E-state index is 2.43. The summed E-state index contributed by atoms with van der Waals surface area (Å²) in [6.45, 7) is 0.134. The molecule has 0 saturated carbocycles. The molecule has 7 aromatic rings. The number of allylic oxidation sites excluding steroid dienone is 2. The quantitative estimate of drug-likeness (QED) is 0.161. The van der Waals surface area contributed by atoms with Crippen molar-refractivity contribution in [3.05, 3.63) is 164 Å². The molecule has 2 aliphatic heterocycles. The first-order valence-electron chi connectivity index (χ1n) is 14.9. The van der Waals surface area contributed by atoms with E-state index in [2.05, 4.69) is 173 Å². The minimum Gasteiger partial charge on any atom is -0.367 e. The Hall–Kier alpha value is -5.54. The summed E-state index contributed by atoms with van der Waals surface area (Å²) in [5, 5.41) is 7.65. The molecule has 2 heterocycles. The van der Waals surface area contributed by atoms with Gasteiger partial charge in [0.15, 0.2) is 0 Å². The fourth-order valence-corrected chi connectivity index (χ4v) is 7.20. The highest BCUT2D eigenvalue weighted by atomic mass is 15.3. The Kier molecular flexibility index (Phi) is 5.33. The molecule has 0 fully saturated rings. The van der Waals surface area contributed by atoms with Gasteiger partial charge in [-0.05, 0) is 91.1 Å². The summed E-state index contributed by atoms with van der Waals surface area (Å²) in [4.78, 5) is 4.77.